The van der Waals surface area contributed by atoms with Gasteiger partial charge in [0.15, 0.2) is 5.96 Å². The Labute approximate surface area is 251 Å². The molecular weight excluding hydrogens is 585 g/mol. The molecule has 1 aliphatic carbocycles. The minimum atomic E-state index is -4.25. The van der Waals surface area contributed by atoms with E-state index in [9.17, 15) is 23.8 Å². The zero-order valence-corrected chi connectivity index (χ0v) is 26.3. The number of fused-ring (bicyclic) bond motifs is 1. The van der Waals surface area contributed by atoms with Gasteiger partial charge >= 0.3 is 13.6 Å². The van der Waals surface area contributed by atoms with Crippen LogP contribution in [-0.4, -0.2) is 89.2 Å². The molecule has 0 aromatic rings. The number of hydrogen-bond donors (Lipinski definition) is 7. The Morgan fingerprint density at radius 3 is 2.67 bits per heavy atom. The fourth-order valence-electron chi connectivity index (χ4n) is 5.46. The lowest BCUT2D eigenvalue weighted by Gasteiger charge is -2.37. The first-order chi connectivity index (χ1) is 19.9. The lowest BCUT2D eigenvalue weighted by molar-refractivity contribution is -0.122. The Bertz CT molecular complexity index is 1070. The minimum Gasteiger partial charge on any atom is -0.370 e. The summed E-state index contributed by atoms with van der Waals surface area (Å²) in [5, 5.41) is 11.9. The molecule has 14 nitrogen and oxygen atoms in total. The molecule has 2 heterocycles. The van der Waals surface area contributed by atoms with Crippen molar-refractivity contribution in [2.24, 2.45) is 16.5 Å². The normalized spacial score (nSPS) is 28.2. The predicted molar refractivity (Wildman–Crippen MR) is 162 cm³/mol. The monoisotopic (exact) mass is 631 g/mol. The van der Waals surface area contributed by atoms with Crippen molar-refractivity contribution in [2.45, 2.75) is 107 Å². The molecule has 2 fully saturated rings. The van der Waals surface area contributed by atoms with E-state index in [0.717, 1.165) is 12.2 Å². The largest absolute Gasteiger partial charge is 0.370 e. The van der Waals surface area contributed by atoms with E-state index in [2.05, 4.69) is 26.3 Å². The summed E-state index contributed by atoms with van der Waals surface area (Å²) in [6.07, 6.45) is 4.32. The highest BCUT2D eigenvalue weighted by atomic mass is 32.2. The fraction of sp³-hybridized carbons (Fsp3) is 0.769. The number of urea groups is 1. The van der Waals surface area contributed by atoms with Crippen molar-refractivity contribution in [3.05, 3.63) is 11.4 Å². The summed E-state index contributed by atoms with van der Waals surface area (Å²) in [5.41, 5.74) is 11.3. The van der Waals surface area contributed by atoms with Gasteiger partial charge in [-0.05, 0) is 38.2 Å². The van der Waals surface area contributed by atoms with Crippen LogP contribution in [0, 0.1) is 0 Å². The molecule has 238 valence electrons. The van der Waals surface area contributed by atoms with Crippen LogP contribution < -0.4 is 32.7 Å². The third kappa shape index (κ3) is 9.87. The van der Waals surface area contributed by atoms with Crippen molar-refractivity contribution >= 4 is 43.2 Å². The molecule has 42 heavy (non-hydrogen) atoms. The summed E-state index contributed by atoms with van der Waals surface area (Å²) in [4.78, 5) is 50.8. The number of nitrogens with one attached hydrogen (secondary N) is 4. The molecule has 3 aliphatic rings. The van der Waals surface area contributed by atoms with E-state index in [1.807, 2.05) is 25.6 Å². The van der Waals surface area contributed by atoms with Crippen LogP contribution in [0.1, 0.15) is 65.7 Å². The Kier molecular flexibility index (Phi) is 13.0. The molecular formula is C26H46N7O7PS. The Morgan fingerprint density at radius 1 is 1.26 bits per heavy atom. The topological polar surface area (TPSA) is 219 Å². The van der Waals surface area contributed by atoms with E-state index in [-0.39, 0.29) is 60.3 Å². The van der Waals surface area contributed by atoms with Gasteiger partial charge in [-0.15, -0.1) is 0 Å². The highest BCUT2D eigenvalue weighted by Gasteiger charge is 2.43. The molecule has 2 saturated heterocycles. The number of rotatable bonds is 16. The maximum Gasteiger partial charge on any atom is 0.354 e. The number of thioether (sulfide) groups is 1. The van der Waals surface area contributed by atoms with E-state index in [1.54, 1.807) is 0 Å². The summed E-state index contributed by atoms with van der Waals surface area (Å²) in [6, 6.07) is -1.21. The van der Waals surface area contributed by atoms with Crippen molar-refractivity contribution in [1.82, 2.24) is 21.3 Å². The van der Waals surface area contributed by atoms with E-state index in [1.165, 1.54) is 13.0 Å². The van der Waals surface area contributed by atoms with E-state index >= 15 is 0 Å². The molecule has 0 bridgehead atoms. The van der Waals surface area contributed by atoms with Crippen molar-refractivity contribution in [2.75, 3.05) is 18.9 Å². The highest BCUT2D eigenvalue weighted by molar-refractivity contribution is 8.00. The third-order valence-electron chi connectivity index (χ3n) is 7.59. The van der Waals surface area contributed by atoms with Crippen LogP contribution in [0.25, 0.3) is 0 Å². The molecule has 0 spiro atoms. The van der Waals surface area contributed by atoms with Gasteiger partial charge in [0.1, 0.15) is 0 Å². The standard InChI is InChI=1S/C26H46N7O7PS/c1-4-16(5-2)40-20-13-17(12-18(31-25(27)28)23(20)30-15(3)34)41(37,38)39-11-7-10-29-22(35)9-6-8-21-24-19(14-42-21)32-26(36)33-24/h13,16,18-21,23-24H,4-12,14H2,1-3H3,(H,29,35)(H,30,34)(H,37,38)(H4,27,28,31)(H2,32,33,36)/t18-,19-,20+,21-,23+,24-/m0/s1. The van der Waals surface area contributed by atoms with Crippen LogP contribution in [0.15, 0.2) is 16.4 Å². The zero-order chi connectivity index (χ0) is 30.9. The van der Waals surface area contributed by atoms with Crippen LogP contribution in [0.2, 0.25) is 0 Å². The first-order valence-electron chi connectivity index (χ1n) is 14.6. The van der Waals surface area contributed by atoms with Gasteiger partial charge in [0.05, 0.1) is 43.0 Å². The summed E-state index contributed by atoms with van der Waals surface area (Å²) >= 11 is 1.81. The Balaban J connectivity index is 1.48. The van der Waals surface area contributed by atoms with Crippen LogP contribution >= 0.6 is 19.4 Å². The number of ether oxygens (including phenoxy) is 1. The molecule has 3 rings (SSSR count). The summed E-state index contributed by atoms with van der Waals surface area (Å²) in [5.74, 6) is 0.260. The lowest BCUT2D eigenvalue weighted by atomic mass is 9.93. The predicted octanol–water partition coefficient (Wildman–Crippen LogP) is 1.04. The molecule has 2 aliphatic heterocycles. The second-order valence-corrected chi connectivity index (χ2v) is 14.0. The number of hydrogen-bond acceptors (Lipinski definition) is 8. The zero-order valence-electron chi connectivity index (χ0n) is 24.5. The maximum absolute atomic E-state index is 13.3. The van der Waals surface area contributed by atoms with Crippen LogP contribution in [0.4, 0.5) is 4.79 Å². The second kappa shape index (κ2) is 15.9. The summed E-state index contributed by atoms with van der Waals surface area (Å²) in [7, 11) is -4.25. The highest BCUT2D eigenvalue weighted by Crippen LogP contribution is 2.54. The van der Waals surface area contributed by atoms with Crippen LogP contribution in [0.3, 0.4) is 0 Å². The molecule has 4 amide bonds. The van der Waals surface area contributed by atoms with Crippen molar-refractivity contribution < 1.29 is 33.1 Å². The average Bonchev–Trinajstić information content (AvgIpc) is 3.47. The van der Waals surface area contributed by atoms with Crippen molar-refractivity contribution in [1.29, 1.82) is 0 Å². The first-order valence-corrected chi connectivity index (χ1v) is 17.2. The minimum absolute atomic E-state index is 0.00321. The number of guanidine groups is 1. The molecule has 0 radical (unpaired) electrons. The fourth-order valence-corrected chi connectivity index (χ4v) is 8.29. The molecule has 0 aromatic carbocycles. The Hall–Kier alpha value is -2.32. The second-order valence-electron chi connectivity index (χ2n) is 10.8. The maximum atomic E-state index is 13.3. The Morgan fingerprint density at radius 2 is 2.00 bits per heavy atom. The summed E-state index contributed by atoms with van der Waals surface area (Å²) < 4.78 is 24.9. The van der Waals surface area contributed by atoms with Gasteiger partial charge in [-0.1, -0.05) is 13.8 Å². The number of aliphatic imine (C=N–C) groups is 1. The number of amides is 4. The van der Waals surface area contributed by atoms with Crippen LogP contribution in [-0.2, 0) is 23.4 Å². The van der Waals surface area contributed by atoms with Gasteiger partial charge in [-0.2, -0.15) is 11.8 Å². The molecule has 16 heteroatoms. The van der Waals surface area contributed by atoms with Gasteiger partial charge in [0.25, 0.3) is 0 Å². The molecule has 9 N–H and O–H groups in total. The van der Waals surface area contributed by atoms with Gasteiger partial charge in [-0.25, -0.2) is 9.79 Å². The smallest absolute Gasteiger partial charge is 0.354 e. The first kappa shape index (κ1) is 34.2. The van der Waals surface area contributed by atoms with Crippen LogP contribution in [0.5, 0.6) is 0 Å². The quantitative estimate of drug-likeness (QED) is 0.0422. The van der Waals surface area contributed by atoms with Crippen molar-refractivity contribution in [3.8, 4) is 0 Å². The average molecular weight is 632 g/mol. The van der Waals surface area contributed by atoms with Gasteiger partial charge < -0.3 is 46.9 Å². The van der Waals surface area contributed by atoms with Gasteiger partial charge in [0.2, 0.25) is 11.8 Å². The van der Waals surface area contributed by atoms with E-state index in [4.69, 9.17) is 20.7 Å². The lowest BCUT2D eigenvalue weighted by Crippen LogP contribution is -2.53. The van der Waals surface area contributed by atoms with Crippen molar-refractivity contribution in [3.63, 3.8) is 0 Å². The molecule has 7 atom stereocenters. The number of carbonyl (C=O) groups is 3. The van der Waals surface area contributed by atoms with E-state index < -0.39 is 25.8 Å². The SMILES string of the molecule is CCC(CC)O[C@@H]1C=C(P(=O)(O)OCCCNC(=O)CCC[C@@H]2SC[C@@H]3NC(=O)N[C@@H]32)C[C@H](N=C(N)N)[C@H]1NC(C)=O. The van der Waals surface area contributed by atoms with Gasteiger partial charge in [0, 0.05) is 42.6 Å². The molecule has 1 unspecified atom stereocenters. The summed E-state index contributed by atoms with van der Waals surface area (Å²) in [6.45, 7) is 5.55. The number of nitrogens with two attached hydrogens (primary N) is 2. The van der Waals surface area contributed by atoms with Gasteiger partial charge in [-0.3, -0.25) is 14.2 Å². The molecule has 0 saturated carbocycles. The molecule has 0 aromatic heterocycles. The number of carbonyl (C=O) groups excluding carboxylic acids is 3. The van der Waals surface area contributed by atoms with E-state index in [0.29, 0.717) is 43.9 Å². The number of nitrogens with zero attached hydrogens (tertiary/aromatic N) is 1. The third-order valence-corrected chi connectivity index (χ3v) is 10.7.